The second-order valence-electron chi connectivity index (χ2n) is 6.21. The van der Waals surface area contributed by atoms with E-state index in [1.54, 1.807) is 4.90 Å². The van der Waals surface area contributed by atoms with E-state index in [9.17, 15) is 9.59 Å². The average molecular weight is 303 g/mol. The van der Waals surface area contributed by atoms with E-state index in [-0.39, 0.29) is 24.0 Å². The van der Waals surface area contributed by atoms with Crippen LogP contribution in [0.5, 0.6) is 0 Å². The highest BCUT2D eigenvalue weighted by Crippen LogP contribution is 2.23. The molecule has 3 amide bonds. The molecule has 1 aliphatic heterocycles. The first-order valence-corrected chi connectivity index (χ1v) is 7.84. The smallest absolute Gasteiger partial charge is 0.322 e. The molecule has 0 bridgehead atoms. The molecular formula is C17H25N3O2. The number of para-hydroxylation sites is 1. The Balaban J connectivity index is 2.10. The Morgan fingerprint density at radius 3 is 2.45 bits per heavy atom. The van der Waals surface area contributed by atoms with Crippen molar-refractivity contribution in [2.24, 2.45) is 0 Å². The lowest BCUT2D eigenvalue weighted by molar-refractivity contribution is -0.125. The zero-order valence-corrected chi connectivity index (χ0v) is 13.8. The van der Waals surface area contributed by atoms with Gasteiger partial charge >= 0.3 is 6.03 Å². The van der Waals surface area contributed by atoms with Crippen LogP contribution >= 0.6 is 0 Å². The Morgan fingerprint density at radius 2 is 1.86 bits per heavy atom. The van der Waals surface area contributed by atoms with E-state index in [2.05, 4.69) is 10.6 Å². The minimum absolute atomic E-state index is 0.0656. The van der Waals surface area contributed by atoms with Crippen LogP contribution in [0, 0.1) is 13.8 Å². The number of rotatable bonds is 3. The third-order valence-electron chi connectivity index (χ3n) is 3.96. The van der Waals surface area contributed by atoms with E-state index in [4.69, 9.17) is 0 Å². The normalized spacial score (nSPS) is 17.7. The van der Waals surface area contributed by atoms with Crippen molar-refractivity contribution in [1.82, 2.24) is 10.2 Å². The van der Waals surface area contributed by atoms with Crippen LogP contribution in [0.25, 0.3) is 0 Å². The summed E-state index contributed by atoms with van der Waals surface area (Å²) in [5.41, 5.74) is 2.88. The van der Waals surface area contributed by atoms with Crippen LogP contribution in [0.15, 0.2) is 18.2 Å². The van der Waals surface area contributed by atoms with Gasteiger partial charge in [0.1, 0.15) is 6.04 Å². The number of likely N-dealkylation sites (tertiary alicyclic amines) is 1. The van der Waals surface area contributed by atoms with Crippen molar-refractivity contribution >= 4 is 17.6 Å². The number of hydrogen-bond donors (Lipinski definition) is 2. The summed E-state index contributed by atoms with van der Waals surface area (Å²) in [6.07, 6.45) is 1.58. The fraction of sp³-hybridized carbons (Fsp3) is 0.529. The fourth-order valence-corrected chi connectivity index (χ4v) is 2.85. The van der Waals surface area contributed by atoms with Gasteiger partial charge in [-0.1, -0.05) is 18.2 Å². The maximum Gasteiger partial charge on any atom is 0.322 e. The fourth-order valence-electron chi connectivity index (χ4n) is 2.85. The molecule has 1 aliphatic rings. The van der Waals surface area contributed by atoms with Gasteiger partial charge in [0.15, 0.2) is 0 Å². The van der Waals surface area contributed by atoms with Gasteiger partial charge in [-0.25, -0.2) is 4.79 Å². The molecule has 0 aliphatic carbocycles. The van der Waals surface area contributed by atoms with Gasteiger partial charge in [-0.2, -0.15) is 0 Å². The summed E-state index contributed by atoms with van der Waals surface area (Å²) in [6, 6.07) is 5.42. The van der Waals surface area contributed by atoms with Crippen LogP contribution in [-0.4, -0.2) is 35.5 Å². The van der Waals surface area contributed by atoms with E-state index < -0.39 is 0 Å². The molecule has 120 valence electrons. The van der Waals surface area contributed by atoms with Gasteiger partial charge in [-0.3, -0.25) is 4.79 Å². The number of nitrogens with zero attached hydrogens (tertiary/aromatic N) is 1. The molecule has 2 N–H and O–H groups in total. The standard InChI is InChI=1S/C17H25N3O2/c1-11(2)18-16(21)14-9-6-10-20(14)17(22)19-15-12(3)7-5-8-13(15)4/h5,7-8,11,14H,6,9-10H2,1-4H3,(H,18,21)(H,19,22). The van der Waals surface area contributed by atoms with Crippen LogP contribution in [0.3, 0.4) is 0 Å². The Labute approximate surface area is 132 Å². The molecule has 1 unspecified atom stereocenters. The number of amides is 3. The quantitative estimate of drug-likeness (QED) is 0.902. The number of carbonyl (C=O) groups is 2. The predicted octanol–water partition coefficient (Wildman–Crippen LogP) is 2.82. The monoisotopic (exact) mass is 303 g/mol. The van der Waals surface area contributed by atoms with Crippen molar-refractivity contribution in [3.63, 3.8) is 0 Å². The first-order valence-electron chi connectivity index (χ1n) is 7.84. The molecule has 1 heterocycles. The molecule has 1 aromatic rings. The highest BCUT2D eigenvalue weighted by atomic mass is 16.2. The van der Waals surface area contributed by atoms with Gasteiger partial charge in [0.2, 0.25) is 5.91 Å². The van der Waals surface area contributed by atoms with E-state index in [1.807, 2.05) is 45.9 Å². The third kappa shape index (κ3) is 3.59. The SMILES string of the molecule is Cc1cccc(C)c1NC(=O)N1CCCC1C(=O)NC(C)C. The Morgan fingerprint density at radius 1 is 1.23 bits per heavy atom. The number of carbonyl (C=O) groups excluding carboxylic acids is 2. The van der Waals surface area contributed by atoms with Crippen LogP contribution < -0.4 is 10.6 Å². The van der Waals surface area contributed by atoms with E-state index in [0.29, 0.717) is 6.54 Å². The van der Waals surface area contributed by atoms with Crippen molar-refractivity contribution in [3.8, 4) is 0 Å². The molecule has 2 rings (SSSR count). The topological polar surface area (TPSA) is 61.4 Å². The predicted molar refractivity (Wildman–Crippen MR) is 87.9 cm³/mol. The molecule has 22 heavy (non-hydrogen) atoms. The second kappa shape index (κ2) is 6.81. The van der Waals surface area contributed by atoms with Crippen LogP contribution in [-0.2, 0) is 4.79 Å². The van der Waals surface area contributed by atoms with Gasteiger partial charge in [0, 0.05) is 18.3 Å². The summed E-state index contributed by atoms with van der Waals surface area (Å²) in [7, 11) is 0. The molecule has 5 heteroatoms. The summed E-state index contributed by atoms with van der Waals surface area (Å²) in [5.74, 6) is -0.0656. The highest BCUT2D eigenvalue weighted by molar-refractivity contribution is 5.95. The van der Waals surface area contributed by atoms with E-state index >= 15 is 0 Å². The number of aryl methyl sites for hydroxylation is 2. The number of hydrogen-bond acceptors (Lipinski definition) is 2. The lowest BCUT2D eigenvalue weighted by atomic mass is 10.1. The summed E-state index contributed by atoms with van der Waals surface area (Å²) < 4.78 is 0. The summed E-state index contributed by atoms with van der Waals surface area (Å²) in [4.78, 5) is 26.4. The van der Waals surface area contributed by atoms with Crippen molar-refractivity contribution < 1.29 is 9.59 Å². The average Bonchev–Trinajstić information content (AvgIpc) is 2.91. The van der Waals surface area contributed by atoms with Crippen LogP contribution in [0.1, 0.15) is 37.8 Å². The minimum Gasteiger partial charge on any atom is -0.352 e. The summed E-state index contributed by atoms with van der Waals surface area (Å²) in [6.45, 7) is 8.40. The summed E-state index contributed by atoms with van der Waals surface area (Å²) >= 11 is 0. The number of nitrogens with one attached hydrogen (secondary N) is 2. The number of anilines is 1. The van der Waals surface area contributed by atoms with Gasteiger partial charge < -0.3 is 15.5 Å². The molecule has 5 nitrogen and oxygen atoms in total. The summed E-state index contributed by atoms with van der Waals surface area (Å²) in [5, 5.41) is 5.86. The first kappa shape index (κ1) is 16.3. The van der Waals surface area contributed by atoms with Gasteiger partial charge in [0.05, 0.1) is 0 Å². The lowest BCUT2D eigenvalue weighted by Gasteiger charge is -2.25. The zero-order valence-electron chi connectivity index (χ0n) is 13.8. The molecule has 0 aromatic heterocycles. The second-order valence-corrected chi connectivity index (χ2v) is 6.21. The maximum absolute atomic E-state index is 12.6. The maximum atomic E-state index is 12.6. The highest BCUT2D eigenvalue weighted by Gasteiger charge is 2.34. The molecule has 1 saturated heterocycles. The van der Waals surface area contributed by atoms with Crippen molar-refractivity contribution in [2.75, 3.05) is 11.9 Å². The zero-order chi connectivity index (χ0) is 16.3. The Hall–Kier alpha value is -2.04. The van der Waals surface area contributed by atoms with Crippen molar-refractivity contribution in [3.05, 3.63) is 29.3 Å². The van der Waals surface area contributed by atoms with E-state index in [0.717, 1.165) is 29.7 Å². The van der Waals surface area contributed by atoms with Gasteiger partial charge in [-0.05, 0) is 51.7 Å². The molecule has 0 radical (unpaired) electrons. The van der Waals surface area contributed by atoms with Gasteiger partial charge in [0.25, 0.3) is 0 Å². The Bertz CT molecular complexity index is 549. The first-order chi connectivity index (χ1) is 10.4. The molecule has 1 aromatic carbocycles. The van der Waals surface area contributed by atoms with Crippen LogP contribution in [0.4, 0.5) is 10.5 Å². The molecule has 1 fully saturated rings. The molecule has 0 saturated carbocycles. The van der Waals surface area contributed by atoms with E-state index in [1.165, 1.54) is 0 Å². The van der Waals surface area contributed by atoms with Gasteiger partial charge in [-0.15, -0.1) is 0 Å². The van der Waals surface area contributed by atoms with Crippen LogP contribution in [0.2, 0.25) is 0 Å². The lowest BCUT2D eigenvalue weighted by Crippen LogP contribution is -2.49. The van der Waals surface area contributed by atoms with Crippen molar-refractivity contribution in [1.29, 1.82) is 0 Å². The molecule has 1 atom stereocenters. The number of benzene rings is 1. The molecular weight excluding hydrogens is 278 g/mol. The largest absolute Gasteiger partial charge is 0.352 e. The minimum atomic E-state index is -0.369. The molecule has 0 spiro atoms. The number of urea groups is 1. The van der Waals surface area contributed by atoms with Crippen molar-refractivity contribution in [2.45, 2.75) is 52.6 Å². The third-order valence-corrected chi connectivity index (χ3v) is 3.96. The Kier molecular flexibility index (Phi) is 5.06.